The Balaban J connectivity index is 1.55. The van der Waals surface area contributed by atoms with Crippen molar-refractivity contribution in [3.8, 4) is 0 Å². The summed E-state index contributed by atoms with van der Waals surface area (Å²) in [5.41, 5.74) is 0. The van der Waals surface area contributed by atoms with E-state index in [2.05, 4.69) is 0 Å². The van der Waals surface area contributed by atoms with E-state index in [9.17, 15) is 0 Å². The molecule has 122 valence electrons. The predicted molar refractivity (Wildman–Crippen MR) is 86.3 cm³/mol. The average Bonchev–Trinajstić information content (AvgIpc) is 2.57. The first-order chi connectivity index (χ1) is 10.4. The zero-order valence-electron chi connectivity index (χ0n) is 13.7. The van der Waals surface area contributed by atoms with Gasteiger partial charge in [0.15, 0.2) is 6.29 Å². The summed E-state index contributed by atoms with van der Waals surface area (Å²) in [6.45, 7) is 0. The van der Waals surface area contributed by atoms with Gasteiger partial charge in [-0.2, -0.15) is 0 Å². The first kappa shape index (κ1) is 15.8. The van der Waals surface area contributed by atoms with E-state index in [0.29, 0.717) is 18.1 Å². The quantitative estimate of drug-likeness (QED) is 0.615. The van der Waals surface area contributed by atoms with Gasteiger partial charge in [-0.25, -0.2) is 0 Å². The molecule has 21 heavy (non-hydrogen) atoms. The summed E-state index contributed by atoms with van der Waals surface area (Å²) in [7, 11) is 0. The Hall–Kier alpha value is -0.0800. The van der Waals surface area contributed by atoms with Crippen molar-refractivity contribution >= 4 is 0 Å². The van der Waals surface area contributed by atoms with Crippen LogP contribution >= 0.6 is 0 Å². The van der Waals surface area contributed by atoms with Gasteiger partial charge in [-0.1, -0.05) is 57.8 Å². The fraction of sp³-hybridized carbons (Fsp3) is 1.00. The zero-order chi connectivity index (χ0) is 14.3. The monoisotopic (exact) mass is 294 g/mol. The molecule has 3 aliphatic carbocycles. The summed E-state index contributed by atoms with van der Waals surface area (Å²) in [5.74, 6) is 0.669. The average molecular weight is 294 g/mol. The van der Waals surface area contributed by atoms with Crippen molar-refractivity contribution in [2.45, 2.75) is 115 Å². The molecule has 0 N–H and O–H groups in total. The highest BCUT2D eigenvalue weighted by molar-refractivity contribution is 4.75. The molecule has 0 spiro atoms. The molecule has 0 unspecified atom stereocenters. The highest BCUT2D eigenvalue weighted by Crippen LogP contribution is 2.33. The maximum atomic E-state index is 6.51. The molecule has 0 saturated heterocycles. The van der Waals surface area contributed by atoms with Crippen LogP contribution < -0.4 is 0 Å². The van der Waals surface area contributed by atoms with Crippen LogP contribution in [-0.4, -0.2) is 18.5 Å². The van der Waals surface area contributed by atoms with E-state index in [4.69, 9.17) is 9.47 Å². The number of hydrogen-bond acceptors (Lipinski definition) is 2. The lowest BCUT2D eigenvalue weighted by molar-refractivity contribution is -0.231. The third-order valence-electron chi connectivity index (χ3n) is 5.79. The van der Waals surface area contributed by atoms with Crippen LogP contribution in [0.15, 0.2) is 0 Å². The van der Waals surface area contributed by atoms with Crippen molar-refractivity contribution in [3.63, 3.8) is 0 Å². The molecular weight excluding hydrogens is 260 g/mol. The van der Waals surface area contributed by atoms with E-state index >= 15 is 0 Å². The molecule has 3 rings (SSSR count). The van der Waals surface area contributed by atoms with Crippen LogP contribution in [0, 0.1) is 5.92 Å². The minimum Gasteiger partial charge on any atom is -0.349 e. The van der Waals surface area contributed by atoms with E-state index in [1.807, 2.05) is 0 Å². The van der Waals surface area contributed by atoms with E-state index in [1.54, 1.807) is 0 Å². The van der Waals surface area contributed by atoms with E-state index in [1.165, 1.54) is 96.3 Å². The topological polar surface area (TPSA) is 18.5 Å². The Morgan fingerprint density at radius 1 is 0.476 bits per heavy atom. The molecule has 3 saturated carbocycles. The van der Waals surface area contributed by atoms with Crippen molar-refractivity contribution in [1.29, 1.82) is 0 Å². The van der Waals surface area contributed by atoms with Crippen molar-refractivity contribution in [1.82, 2.24) is 0 Å². The molecule has 0 bridgehead atoms. The second-order valence-corrected chi connectivity index (χ2v) is 7.56. The fourth-order valence-corrected chi connectivity index (χ4v) is 4.44. The molecule has 2 nitrogen and oxygen atoms in total. The lowest BCUT2D eigenvalue weighted by Crippen LogP contribution is -2.37. The molecule has 0 heterocycles. The first-order valence-corrected chi connectivity index (χ1v) is 9.73. The van der Waals surface area contributed by atoms with E-state index in [-0.39, 0.29) is 6.29 Å². The highest BCUT2D eigenvalue weighted by atomic mass is 16.7. The maximum absolute atomic E-state index is 6.51. The van der Waals surface area contributed by atoms with Gasteiger partial charge in [-0.15, -0.1) is 0 Å². The zero-order valence-corrected chi connectivity index (χ0v) is 13.7. The second-order valence-electron chi connectivity index (χ2n) is 7.56. The molecule has 3 aliphatic rings. The molecule has 0 aromatic carbocycles. The van der Waals surface area contributed by atoms with Crippen LogP contribution in [0.2, 0.25) is 0 Å². The minimum absolute atomic E-state index is 0.108. The first-order valence-electron chi connectivity index (χ1n) is 9.73. The molecule has 0 aromatic heterocycles. The van der Waals surface area contributed by atoms with E-state index in [0.717, 1.165) is 0 Å². The van der Waals surface area contributed by atoms with E-state index < -0.39 is 0 Å². The van der Waals surface area contributed by atoms with Gasteiger partial charge in [0.25, 0.3) is 0 Å². The lowest BCUT2D eigenvalue weighted by Gasteiger charge is -2.37. The Morgan fingerprint density at radius 2 is 0.857 bits per heavy atom. The fourth-order valence-electron chi connectivity index (χ4n) is 4.44. The molecule has 0 atom stereocenters. The third-order valence-corrected chi connectivity index (χ3v) is 5.79. The molecule has 0 amide bonds. The molecule has 3 fully saturated rings. The van der Waals surface area contributed by atoms with Crippen molar-refractivity contribution in [2.24, 2.45) is 5.92 Å². The molecule has 0 aromatic rings. The van der Waals surface area contributed by atoms with Crippen LogP contribution in [0.4, 0.5) is 0 Å². The summed E-state index contributed by atoms with van der Waals surface area (Å²) in [6, 6.07) is 0. The van der Waals surface area contributed by atoms with Crippen LogP contribution in [0.3, 0.4) is 0 Å². The third kappa shape index (κ3) is 4.96. The van der Waals surface area contributed by atoms with Crippen LogP contribution in [0.5, 0.6) is 0 Å². The lowest BCUT2D eigenvalue weighted by atomic mass is 9.88. The van der Waals surface area contributed by atoms with Gasteiger partial charge < -0.3 is 9.47 Å². The summed E-state index contributed by atoms with van der Waals surface area (Å²) in [6.07, 6.45) is 21.1. The van der Waals surface area contributed by atoms with Crippen LogP contribution in [-0.2, 0) is 9.47 Å². The Morgan fingerprint density at radius 3 is 1.29 bits per heavy atom. The summed E-state index contributed by atoms with van der Waals surface area (Å²) < 4.78 is 13.0. The molecule has 0 aliphatic heterocycles. The Labute approximate surface area is 131 Å². The Bertz CT molecular complexity index is 253. The SMILES string of the molecule is C1CCC(OC(OC2CCCCC2)C2CCCCC2)CC1. The number of hydrogen-bond donors (Lipinski definition) is 0. The number of rotatable bonds is 5. The number of ether oxygens (including phenoxy) is 2. The minimum atomic E-state index is 0.108. The highest BCUT2D eigenvalue weighted by Gasteiger charge is 2.31. The summed E-state index contributed by atoms with van der Waals surface area (Å²) >= 11 is 0. The summed E-state index contributed by atoms with van der Waals surface area (Å²) in [5, 5.41) is 0. The predicted octanol–water partition coefficient (Wildman–Crippen LogP) is 5.59. The Kier molecular flexibility index (Phi) is 6.42. The second kappa shape index (κ2) is 8.53. The summed E-state index contributed by atoms with van der Waals surface area (Å²) in [4.78, 5) is 0. The molecule has 2 heteroatoms. The van der Waals surface area contributed by atoms with Gasteiger partial charge in [0.1, 0.15) is 0 Å². The van der Waals surface area contributed by atoms with Crippen LogP contribution in [0.25, 0.3) is 0 Å². The molecule has 0 radical (unpaired) electrons. The van der Waals surface area contributed by atoms with Gasteiger partial charge in [-0.3, -0.25) is 0 Å². The van der Waals surface area contributed by atoms with Gasteiger partial charge in [0.05, 0.1) is 12.2 Å². The normalized spacial score (nSPS) is 27.3. The largest absolute Gasteiger partial charge is 0.349 e. The smallest absolute Gasteiger partial charge is 0.161 e. The standard InChI is InChI=1S/C19H34O2/c1-4-10-16(11-5-1)19(20-17-12-6-2-7-13-17)21-18-14-8-3-9-15-18/h16-19H,1-15H2. The van der Waals surface area contributed by atoms with Gasteiger partial charge >= 0.3 is 0 Å². The van der Waals surface area contributed by atoms with Gasteiger partial charge in [0, 0.05) is 5.92 Å². The van der Waals surface area contributed by atoms with Crippen molar-refractivity contribution < 1.29 is 9.47 Å². The van der Waals surface area contributed by atoms with Crippen LogP contribution in [0.1, 0.15) is 96.3 Å². The van der Waals surface area contributed by atoms with Crippen molar-refractivity contribution in [2.75, 3.05) is 0 Å². The van der Waals surface area contributed by atoms with Gasteiger partial charge in [0.2, 0.25) is 0 Å². The van der Waals surface area contributed by atoms with Crippen molar-refractivity contribution in [3.05, 3.63) is 0 Å². The molecular formula is C19H34O2. The van der Waals surface area contributed by atoms with Gasteiger partial charge in [-0.05, 0) is 38.5 Å². The maximum Gasteiger partial charge on any atom is 0.161 e.